The van der Waals surface area contributed by atoms with E-state index in [-0.39, 0.29) is 0 Å². The fraction of sp³-hybridized carbons (Fsp3) is 0.571. The van der Waals surface area contributed by atoms with Crippen LogP contribution in [0.15, 0.2) is 12.4 Å². The van der Waals surface area contributed by atoms with E-state index in [0.717, 1.165) is 6.54 Å². The maximum absolute atomic E-state index is 8.94. The van der Waals surface area contributed by atoms with Gasteiger partial charge in [-0.25, -0.2) is 9.13 Å². The van der Waals surface area contributed by atoms with Crippen molar-refractivity contribution >= 4 is 36.2 Å². The topological polar surface area (TPSA) is 145 Å². The van der Waals surface area contributed by atoms with Crippen LogP contribution in [0.4, 0.5) is 0 Å². The van der Waals surface area contributed by atoms with Gasteiger partial charge in [0.05, 0.1) is 13.6 Å². The Morgan fingerprint density at radius 3 is 1.67 bits per heavy atom. The number of rotatable bonds is 1. The molecule has 1 aromatic rings. The van der Waals surface area contributed by atoms with Gasteiger partial charge in [0.25, 0.3) is 5.82 Å². The molecule has 12 nitrogen and oxygen atoms in total. The fourth-order valence-electron chi connectivity index (χ4n) is 2.02. The molecule has 0 saturated carbocycles. The Morgan fingerprint density at radius 2 is 1.42 bits per heavy atom. The number of aromatic nitrogens is 2. The number of aryl methyl sites for hydroxylation is 2. The zero-order valence-electron chi connectivity index (χ0n) is 13.4. The van der Waals surface area contributed by atoms with Gasteiger partial charge in [0.2, 0.25) is 0 Å². The highest BCUT2D eigenvalue weighted by molar-refractivity contribution is 6.81. The highest BCUT2D eigenvalue weighted by Crippen LogP contribution is 2.23. The third-order valence-corrected chi connectivity index (χ3v) is 3.33. The second-order valence-electron chi connectivity index (χ2n) is 4.86. The smallest absolute Gasteiger partial charge is 0.539 e. The largest absolute Gasteiger partial charge is 0.582 e. The van der Waals surface area contributed by atoms with Gasteiger partial charge >= 0.3 is 36.2 Å². The molecule has 2 aliphatic rings. The van der Waals surface area contributed by atoms with Crippen molar-refractivity contribution in [3.8, 4) is 0 Å². The predicted octanol–water partition coefficient (Wildman–Crippen LogP) is -3.90. The van der Waals surface area contributed by atoms with E-state index >= 15 is 0 Å². The molecule has 2 aliphatic heterocycles. The maximum Gasteiger partial charge on any atom is 0.582 e. The van der Waals surface area contributed by atoms with E-state index < -0.39 is 36.2 Å². The van der Waals surface area contributed by atoms with E-state index in [1.807, 2.05) is 0 Å². The van der Waals surface area contributed by atoms with Crippen molar-refractivity contribution in [3.63, 3.8) is 0 Å². The summed E-state index contributed by atoms with van der Waals surface area (Å²) in [7, 11) is -5.53. The Bertz CT molecular complexity index is 502. The lowest BCUT2D eigenvalue weighted by Gasteiger charge is -2.49. The summed E-state index contributed by atoms with van der Waals surface area (Å²) in [5.41, 5.74) is 0. The van der Waals surface area contributed by atoms with E-state index in [1.54, 1.807) is 0 Å². The lowest BCUT2D eigenvalue weighted by Crippen LogP contribution is -2.69. The second kappa shape index (κ2) is 8.01. The second-order valence-corrected chi connectivity index (χ2v) is 4.86. The van der Waals surface area contributed by atoms with E-state index in [1.165, 1.54) is 5.82 Å². The zero-order valence-corrected chi connectivity index (χ0v) is 13.4. The molecule has 0 amide bonds. The average molecular weight is 343 g/mol. The van der Waals surface area contributed by atoms with E-state index in [4.69, 9.17) is 20.1 Å². The lowest BCUT2D eigenvalue weighted by molar-refractivity contribution is -0.677. The molecule has 3 heterocycles. The van der Waals surface area contributed by atoms with Crippen molar-refractivity contribution in [1.29, 1.82) is 0 Å². The van der Waals surface area contributed by atoms with Gasteiger partial charge in [-0.15, -0.1) is 0 Å². The summed E-state index contributed by atoms with van der Waals surface area (Å²) >= 11 is 0. The van der Waals surface area contributed by atoms with Crippen LogP contribution in [0.1, 0.15) is 12.7 Å². The van der Waals surface area contributed by atoms with E-state index in [2.05, 4.69) is 69.9 Å². The molecular formula is C7H17B5N2O10. The van der Waals surface area contributed by atoms with Crippen molar-refractivity contribution in [2.24, 2.45) is 7.05 Å². The van der Waals surface area contributed by atoms with Gasteiger partial charge < -0.3 is 47.5 Å². The minimum Gasteiger partial charge on any atom is -0.539 e. The number of hydrogen-bond acceptors (Lipinski definition) is 10. The first kappa shape index (κ1) is 19.5. The summed E-state index contributed by atoms with van der Waals surface area (Å²) in [5, 5.41) is 35.7. The molecule has 0 bridgehead atoms. The van der Waals surface area contributed by atoms with Crippen LogP contribution in [0.3, 0.4) is 0 Å². The molecule has 130 valence electrons. The number of hydrogen-bond donors (Lipinski definition) is 4. The van der Waals surface area contributed by atoms with Crippen LogP contribution in [-0.2, 0) is 41.0 Å². The lowest BCUT2D eigenvalue weighted by atomic mass is 9.84. The Kier molecular flexibility index (Phi) is 6.49. The normalized spacial score (nSPS) is 20.3. The molecule has 0 atom stereocenters. The van der Waals surface area contributed by atoms with Gasteiger partial charge in [0.1, 0.15) is 12.4 Å². The molecule has 2 saturated heterocycles. The van der Waals surface area contributed by atoms with Crippen LogP contribution in [0.5, 0.6) is 0 Å². The van der Waals surface area contributed by atoms with Crippen molar-refractivity contribution in [2.45, 2.75) is 20.4 Å². The summed E-state index contributed by atoms with van der Waals surface area (Å²) in [6, 6.07) is 0. The summed E-state index contributed by atoms with van der Waals surface area (Å²) in [5.74, 6) is 1.30. The third kappa shape index (κ3) is 4.83. The molecule has 0 aromatic carbocycles. The van der Waals surface area contributed by atoms with Crippen LogP contribution in [-0.4, -0.2) is 60.9 Å². The average Bonchev–Trinajstić information content (AvgIpc) is 2.76. The van der Waals surface area contributed by atoms with Crippen LogP contribution in [0, 0.1) is 6.92 Å². The molecule has 0 radical (unpaired) electrons. The highest BCUT2D eigenvalue weighted by Gasteiger charge is 2.53. The van der Waals surface area contributed by atoms with Gasteiger partial charge in [0, 0.05) is 6.92 Å². The zero-order chi connectivity index (χ0) is 17.9. The number of imidazole rings is 1. The monoisotopic (exact) mass is 344 g/mol. The molecule has 3 rings (SSSR count). The van der Waals surface area contributed by atoms with Crippen molar-refractivity contribution in [3.05, 3.63) is 18.2 Å². The predicted molar refractivity (Wildman–Crippen MR) is 80.2 cm³/mol. The third-order valence-electron chi connectivity index (χ3n) is 3.33. The first-order valence-electron chi connectivity index (χ1n) is 7.13. The first-order valence-corrected chi connectivity index (χ1v) is 7.13. The standard InChI is InChI=1S/C7H13N2.B5H4O10/c1-4-9-6-5-8(3)7(9)2;6-1-10-2(7)13-5(12-1)14-3(8)11-4(9)15-5/h5-6H,4H2,1-3H3;6-9H/q+1;-1. The van der Waals surface area contributed by atoms with Gasteiger partial charge in [0.15, 0.2) is 0 Å². The van der Waals surface area contributed by atoms with Crippen molar-refractivity contribution in [2.75, 3.05) is 0 Å². The van der Waals surface area contributed by atoms with Gasteiger partial charge in [-0.1, -0.05) is 0 Å². The molecule has 24 heavy (non-hydrogen) atoms. The quantitative estimate of drug-likeness (QED) is 0.295. The summed E-state index contributed by atoms with van der Waals surface area (Å²) in [6.07, 6.45) is 4.16. The minimum atomic E-state index is -3.21. The van der Waals surface area contributed by atoms with Crippen LogP contribution in [0.2, 0.25) is 0 Å². The molecule has 17 heteroatoms. The van der Waals surface area contributed by atoms with E-state index in [0.29, 0.717) is 0 Å². The Morgan fingerprint density at radius 1 is 1.00 bits per heavy atom. The van der Waals surface area contributed by atoms with Crippen molar-refractivity contribution < 1.29 is 52.1 Å². The summed E-state index contributed by atoms with van der Waals surface area (Å²) in [4.78, 5) is 0. The molecule has 0 unspecified atom stereocenters. The molecule has 1 spiro atoms. The molecular weight excluding hydrogens is 326 g/mol. The van der Waals surface area contributed by atoms with Gasteiger partial charge in [-0.05, 0) is 6.92 Å². The molecule has 2 fully saturated rings. The van der Waals surface area contributed by atoms with Crippen LogP contribution >= 0.6 is 0 Å². The fourth-order valence-corrected chi connectivity index (χ4v) is 2.02. The Balaban J connectivity index is 0.000000198. The Hall–Kier alpha value is -0.865. The molecule has 0 aliphatic carbocycles. The minimum absolute atomic E-state index is 1.06. The summed E-state index contributed by atoms with van der Waals surface area (Å²) < 4.78 is 30.7. The SMILES string of the molecule is CCn1cc[n+](C)c1C.OB1OB(O)O[B-]2(O1)OB(O)OB(O)O2. The summed E-state index contributed by atoms with van der Waals surface area (Å²) in [6.45, 7) is 2.11. The molecule has 4 N–H and O–H groups in total. The van der Waals surface area contributed by atoms with Crippen LogP contribution < -0.4 is 4.57 Å². The Labute approximate surface area is 139 Å². The maximum atomic E-state index is 8.94. The number of nitrogens with zero attached hydrogens (tertiary/aromatic N) is 2. The first-order chi connectivity index (χ1) is 11.2. The van der Waals surface area contributed by atoms with Crippen LogP contribution in [0.25, 0.3) is 0 Å². The van der Waals surface area contributed by atoms with Gasteiger partial charge in [-0.2, -0.15) is 0 Å². The molecule has 1 aromatic heterocycles. The highest BCUT2D eigenvalue weighted by atomic mass is 17.0. The van der Waals surface area contributed by atoms with Crippen molar-refractivity contribution in [1.82, 2.24) is 4.57 Å². The van der Waals surface area contributed by atoms with Gasteiger partial charge in [-0.3, -0.25) is 0 Å². The van der Waals surface area contributed by atoms with E-state index in [9.17, 15) is 0 Å².